The van der Waals surface area contributed by atoms with E-state index < -0.39 is 0 Å². The van der Waals surface area contributed by atoms with Gasteiger partial charge in [0.25, 0.3) is 0 Å². The topological polar surface area (TPSA) is 64.1 Å². The third kappa shape index (κ3) is 1.36. The second kappa shape index (κ2) is 3.45. The van der Waals surface area contributed by atoms with E-state index >= 15 is 0 Å². The predicted molar refractivity (Wildman–Crippen MR) is 64.6 cm³/mol. The summed E-state index contributed by atoms with van der Waals surface area (Å²) in [5.41, 5.74) is 9.16. The highest BCUT2D eigenvalue weighted by atomic mass is 32.2. The largest absolute Gasteiger partial charge is 0.508 e. The molecule has 0 unspecified atom stereocenters. The predicted octanol–water partition coefficient (Wildman–Crippen LogP) is 1.91. The molecule has 5 heteroatoms. The molecule has 1 aromatic carbocycles. The summed E-state index contributed by atoms with van der Waals surface area (Å²) in [6, 6.07) is 6.88. The second-order valence-electron chi connectivity index (χ2n) is 3.73. The summed E-state index contributed by atoms with van der Waals surface area (Å²) < 4.78 is 1.74. The van der Waals surface area contributed by atoms with Gasteiger partial charge < -0.3 is 10.8 Å². The molecule has 82 valence electrons. The van der Waals surface area contributed by atoms with E-state index in [-0.39, 0.29) is 5.75 Å². The molecule has 0 spiro atoms. The van der Waals surface area contributed by atoms with E-state index in [2.05, 4.69) is 5.10 Å². The van der Waals surface area contributed by atoms with Crippen LogP contribution in [0.1, 0.15) is 11.3 Å². The molecular weight excluding hydrogens is 222 g/mol. The van der Waals surface area contributed by atoms with E-state index in [1.54, 1.807) is 28.9 Å². The maximum absolute atomic E-state index is 9.23. The zero-order chi connectivity index (χ0) is 11.1. The first-order chi connectivity index (χ1) is 7.75. The molecule has 1 aliphatic heterocycles. The van der Waals surface area contributed by atoms with Crippen LogP contribution in [0.25, 0.3) is 5.69 Å². The van der Waals surface area contributed by atoms with Crippen LogP contribution in [0.4, 0.5) is 5.82 Å². The molecule has 0 radical (unpaired) electrons. The van der Waals surface area contributed by atoms with Crippen molar-refractivity contribution in [3.8, 4) is 11.4 Å². The Bertz CT molecular complexity index is 533. The van der Waals surface area contributed by atoms with Gasteiger partial charge in [-0.3, -0.25) is 0 Å². The molecule has 1 aromatic heterocycles. The number of phenolic OH excluding ortho intramolecular Hbond substituents is 1. The van der Waals surface area contributed by atoms with Crippen LogP contribution in [0.15, 0.2) is 24.3 Å². The number of anilines is 1. The number of nitrogens with two attached hydrogens (primary N) is 1. The standard InChI is InChI=1S/C11H11N3OS/c12-11-9-5-16-6-10(9)13-14(11)7-1-3-8(15)4-2-7/h1-4,15H,5-6,12H2. The third-order valence-corrected chi connectivity index (χ3v) is 3.66. The molecule has 0 saturated carbocycles. The molecule has 2 heterocycles. The molecule has 1 aliphatic rings. The highest BCUT2D eigenvalue weighted by Crippen LogP contribution is 2.34. The molecule has 3 N–H and O–H groups in total. The van der Waals surface area contributed by atoms with E-state index in [1.165, 1.54) is 0 Å². The van der Waals surface area contributed by atoms with Gasteiger partial charge in [-0.05, 0) is 24.3 Å². The number of nitrogens with zero attached hydrogens (tertiary/aromatic N) is 2. The van der Waals surface area contributed by atoms with Crippen molar-refractivity contribution < 1.29 is 5.11 Å². The number of hydrogen-bond acceptors (Lipinski definition) is 4. The first-order valence-electron chi connectivity index (χ1n) is 4.99. The average molecular weight is 233 g/mol. The van der Waals surface area contributed by atoms with Gasteiger partial charge in [0.1, 0.15) is 11.6 Å². The molecule has 0 aliphatic carbocycles. The van der Waals surface area contributed by atoms with Crippen molar-refractivity contribution in [3.63, 3.8) is 0 Å². The number of thioether (sulfide) groups is 1. The molecule has 16 heavy (non-hydrogen) atoms. The lowest BCUT2D eigenvalue weighted by Crippen LogP contribution is -2.02. The summed E-state index contributed by atoms with van der Waals surface area (Å²) in [7, 11) is 0. The Balaban J connectivity index is 2.10. The van der Waals surface area contributed by atoms with Crippen LogP contribution in [-0.2, 0) is 11.5 Å². The summed E-state index contributed by atoms with van der Waals surface area (Å²) in [6.07, 6.45) is 0. The summed E-state index contributed by atoms with van der Waals surface area (Å²) in [5.74, 6) is 2.84. The van der Waals surface area contributed by atoms with Crippen LogP contribution in [0, 0.1) is 0 Å². The van der Waals surface area contributed by atoms with Gasteiger partial charge in [0.2, 0.25) is 0 Å². The zero-order valence-corrected chi connectivity index (χ0v) is 9.37. The van der Waals surface area contributed by atoms with Gasteiger partial charge in [-0.15, -0.1) is 0 Å². The summed E-state index contributed by atoms with van der Waals surface area (Å²) >= 11 is 1.83. The number of rotatable bonds is 1. The fourth-order valence-corrected chi connectivity index (χ4v) is 2.87. The first kappa shape index (κ1) is 9.59. The number of benzene rings is 1. The summed E-state index contributed by atoms with van der Waals surface area (Å²) in [4.78, 5) is 0. The molecular formula is C11H11N3OS. The van der Waals surface area contributed by atoms with Crippen LogP contribution >= 0.6 is 11.8 Å². The maximum atomic E-state index is 9.23. The smallest absolute Gasteiger partial charge is 0.131 e. The number of phenols is 1. The Morgan fingerprint density at radius 1 is 1.25 bits per heavy atom. The lowest BCUT2D eigenvalue weighted by atomic mass is 10.3. The van der Waals surface area contributed by atoms with Crippen molar-refractivity contribution in [2.45, 2.75) is 11.5 Å². The van der Waals surface area contributed by atoms with E-state index in [1.807, 2.05) is 11.8 Å². The molecule has 3 rings (SSSR count). The molecule has 0 bridgehead atoms. The average Bonchev–Trinajstić information content (AvgIpc) is 2.84. The van der Waals surface area contributed by atoms with E-state index in [0.717, 1.165) is 28.5 Å². The number of nitrogen functional groups attached to an aromatic ring is 1. The van der Waals surface area contributed by atoms with E-state index in [9.17, 15) is 5.11 Å². The minimum absolute atomic E-state index is 0.248. The van der Waals surface area contributed by atoms with Gasteiger partial charge in [0.05, 0.1) is 11.4 Å². The van der Waals surface area contributed by atoms with Crippen LogP contribution in [0.2, 0.25) is 0 Å². The van der Waals surface area contributed by atoms with Crippen LogP contribution in [0.5, 0.6) is 5.75 Å². The van der Waals surface area contributed by atoms with Crippen LogP contribution in [0.3, 0.4) is 0 Å². The van der Waals surface area contributed by atoms with Gasteiger partial charge in [-0.1, -0.05) is 0 Å². The van der Waals surface area contributed by atoms with Crippen LogP contribution in [-0.4, -0.2) is 14.9 Å². The minimum Gasteiger partial charge on any atom is -0.508 e. The molecule has 0 amide bonds. The summed E-state index contributed by atoms with van der Waals surface area (Å²) in [6.45, 7) is 0. The second-order valence-corrected chi connectivity index (χ2v) is 4.72. The fourth-order valence-electron chi connectivity index (χ4n) is 1.82. The van der Waals surface area contributed by atoms with E-state index in [4.69, 9.17) is 5.73 Å². The Kier molecular flexibility index (Phi) is 2.07. The quantitative estimate of drug-likeness (QED) is 0.789. The SMILES string of the molecule is Nc1c2c(nn1-c1ccc(O)cc1)CSC2. The highest BCUT2D eigenvalue weighted by molar-refractivity contribution is 7.98. The van der Waals surface area contributed by atoms with Crippen LogP contribution < -0.4 is 5.73 Å². The first-order valence-corrected chi connectivity index (χ1v) is 6.14. The minimum atomic E-state index is 0.248. The number of aromatic hydroxyl groups is 1. The lowest BCUT2D eigenvalue weighted by Gasteiger charge is -2.05. The van der Waals surface area contributed by atoms with Crippen molar-refractivity contribution in [2.24, 2.45) is 0 Å². The van der Waals surface area contributed by atoms with Crippen molar-refractivity contribution in [1.29, 1.82) is 0 Å². The molecule has 0 saturated heterocycles. The molecule has 2 aromatic rings. The van der Waals surface area contributed by atoms with Gasteiger partial charge in [0, 0.05) is 17.1 Å². The monoisotopic (exact) mass is 233 g/mol. The Hall–Kier alpha value is -1.62. The zero-order valence-electron chi connectivity index (χ0n) is 8.55. The normalized spacial score (nSPS) is 14.0. The lowest BCUT2D eigenvalue weighted by molar-refractivity contribution is 0.475. The Morgan fingerprint density at radius 3 is 2.69 bits per heavy atom. The maximum Gasteiger partial charge on any atom is 0.131 e. The fraction of sp³-hybridized carbons (Fsp3) is 0.182. The Morgan fingerprint density at radius 2 is 2.00 bits per heavy atom. The number of hydrogen-bond donors (Lipinski definition) is 2. The third-order valence-electron chi connectivity index (χ3n) is 2.69. The molecule has 0 fully saturated rings. The van der Waals surface area contributed by atoms with Crippen molar-refractivity contribution >= 4 is 17.6 Å². The molecule has 0 atom stereocenters. The van der Waals surface area contributed by atoms with Gasteiger partial charge in [-0.2, -0.15) is 16.9 Å². The molecule has 4 nitrogen and oxygen atoms in total. The highest BCUT2D eigenvalue weighted by Gasteiger charge is 2.21. The van der Waals surface area contributed by atoms with Crippen molar-refractivity contribution in [1.82, 2.24) is 9.78 Å². The van der Waals surface area contributed by atoms with Crippen molar-refractivity contribution in [3.05, 3.63) is 35.5 Å². The van der Waals surface area contributed by atoms with Crippen molar-refractivity contribution in [2.75, 3.05) is 5.73 Å². The Labute approximate surface area is 97.1 Å². The summed E-state index contributed by atoms with van der Waals surface area (Å²) in [5, 5.41) is 13.7. The number of fused-ring (bicyclic) bond motifs is 1. The number of aromatic nitrogens is 2. The van der Waals surface area contributed by atoms with E-state index in [0.29, 0.717) is 5.82 Å². The van der Waals surface area contributed by atoms with Gasteiger partial charge in [-0.25, -0.2) is 4.68 Å². The van der Waals surface area contributed by atoms with Gasteiger partial charge in [0.15, 0.2) is 0 Å². The van der Waals surface area contributed by atoms with Gasteiger partial charge >= 0.3 is 0 Å².